The normalized spacial score (nSPS) is 12.2. The molecule has 0 spiro atoms. The standard InChI is InChI=1S/C9H18N2O2/c1-3-6-11-9(12)8(10)5-4-7-13-2/h3,8H,1,4-7,10H2,2H3,(H,11,12). The molecule has 0 heterocycles. The molecule has 0 fully saturated rings. The minimum Gasteiger partial charge on any atom is -0.385 e. The van der Waals surface area contributed by atoms with Crippen molar-refractivity contribution in [2.75, 3.05) is 20.3 Å². The Labute approximate surface area is 79.1 Å². The van der Waals surface area contributed by atoms with E-state index in [1.54, 1.807) is 13.2 Å². The number of carbonyl (C=O) groups excluding carboxylic acids is 1. The lowest BCUT2D eigenvalue weighted by atomic mass is 10.1. The van der Waals surface area contributed by atoms with Crippen molar-refractivity contribution in [3.8, 4) is 0 Å². The monoisotopic (exact) mass is 186 g/mol. The third kappa shape index (κ3) is 6.31. The topological polar surface area (TPSA) is 64.4 Å². The maximum absolute atomic E-state index is 11.2. The van der Waals surface area contributed by atoms with Crippen molar-refractivity contribution in [2.24, 2.45) is 5.73 Å². The summed E-state index contributed by atoms with van der Waals surface area (Å²) in [5, 5.41) is 2.64. The van der Waals surface area contributed by atoms with E-state index in [1.807, 2.05) is 0 Å². The van der Waals surface area contributed by atoms with Crippen LogP contribution >= 0.6 is 0 Å². The summed E-state index contributed by atoms with van der Waals surface area (Å²) in [5.74, 6) is -0.129. The van der Waals surface area contributed by atoms with Gasteiger partial charge in [0, 0.05) is 20.3 Å². The molecular weight excluding hydrogens is 168 g/mol. The van der Waals surface area contributed by atoms with Gasteiger partial charge in [0.2, 0.25) is 5.91 Å². The zero-order chi connectivity index (χ0) is 10.1. The number of rotatable bonds is 7. The van der Waals surface area contributed by atoms with Crippen LogP contribution in [0.5, 0.6) is 0 Å². The molecule has 0 radical (unpaired) electrons. The van der Waals surface area contributed by atoms with Gasteiger partial charge in [0.05, 0.1) is 6.04 Å². The summed E-state index contributed by atoms with van der Waals surface area (Å²) in [7, 11) is 1.63. The van der Waals surface area contributed by atoms with Crippen LogP contribution in [0.2, 0.25) is 0 Å². The highest BCUT2D eigenvalue weighted by molar-refractivity contribution is 5.81. The maximum Gasteiger partial charge on any atom is 0.237 e. The van der Waals surface area contributed by atoms with Crippen molar-refractivity contribution in [3.63, 3.8) is 0 Å². The van der Waals surface area contributed by atoms with Gasteiger partial charge in [-0.2, -0.15) is 0 Å². The highest BCUT2D eigenvalue weighted by Crippen LogP contribution is 1.94. The van der Waals surface area contributed by atoms with Crippen LogP contribution in [0, 0.1) is 0 Å². The van der Waals surface area contributed by atoms with Gasteiger partial charge in [-0.25, -0.2) is 0 Å². The minimum atomic E-state index is -0.435. The summed E-state index contributed by atoms with van der Waals surface area (Å²) in [4.78, 5) is 11.2. The number of methoxy groups -OCH3 is 1. The lowest BCUT2D eigenvalue weighted by molar-refractivity contribution is -0.122. The molecule has 76 valence electrons. The molecular formula is C9H18N2O2. The van der Waals surface area contributed by atoms with E-state index in [0.717, 1.165) is 6.42 Å². The fourth-order valence-electron chi connectivity index (χ4n) is 0.883. The molecule has 3 N–H and O–H groups in total. The Morgan fingerprint density at radius 1 is 1.77 bits per heavy atom. The highest BCUT2D eigenvalue weighted by Gasteiger charge is 2.10. The molecule has 4 heteroatoms. The van der Waals surface area contributed by atoms with Gasteiger partial charge in [-0.1, -0.05) is 6.08 Å². The number of hydrogen-bond acceptors (Lipinski definition) is 3. The molecule has 0 aliphatic carbocycles. The smallest absolute Gasteiger partial charge is 0.237 e. The first-order valence-corrected chi connectivity index (χ1v) is 4.35. The Bertz CT molecular complexity index is 160. The van der Waals surface area contributed by atoms with Gasteiger partial charge in [0.25, 0.3) is 0 Å². The van der Waals surface area contributed by atoms with Gasteiger partial charge < -0.3 is 15.8 Å². The molecule has 0 aromatic rings. The molecule has 0 rings (SSSR count). The lowest BCUT2D eigenvalue weighted by Crippen LogP contribution is -2.40. The first kappa shape index (κ1) is 12.1. The first-order chi connectivity index (χ1) is 6.22. The second-order valence-electron chi connectivity index (χ2n) is 2.78. The predicted octanol–water partition coefficient (Wildman–Crippen LogP) is 0.0425. The summed E-state index contributed by atoms with van der Waals surface area (Å²) in [6.07, 6.45) is 3.08. The fraction of sp³-hybridized carbons (Fsp3) is 0.667. The van der Waals surface area contributed by atoms with Gasteiger partial charge >= 0.3 is 0 Å². The summed E-state index contributed by atoms with van der Waals surface area (Å²) >= 11 is 0. The molecule has 0 aliphatic heterocycles. The average molecular weight is 186 g/mol. The molecule has 1 atom stereocenters. The van der Waals surface area contributed by atoms with Gasteiger partial charge in [-0.15, -0.1) is 6.58 Å². The van der Waals surface area contributed by atoms with Crippen LogP contribution < -0.4 is 11.1 Å². The molecule has 1 unspecified atom stereocenters. The molecule has 4 nitrogen and oxygen atoms in total. The van der Waals surface area contributed by atoms with Crippen molar-refractivity contribution in [3.05, 3.63) is 12.7 Å². The van der Waals surface area contributed by atoms with Crippen LogP contribution in [-0.2, 0) is 9.53 Å². The second-order valence-corrected chi connectivity index (χ2v) is 2.78. The number of ether oxygens (including phenoxy) is 1. The maximum atomic E-state index is 11.2. The van der Waals surface area contributed by atoms with Crippen molar-refractivity contribution < 1.29 is 9.53 Å². The molecule has 0 aliphatic rings. The van der Waals surface area contributed by atoms with Gasteiger partial charge in [0.1, 0.15) is 0 Å². The number of carbonyl (C=O) groups is 1. The molecule has 13 heavy (non-hydrogen) atoms. The van der Waals surface area contributed by atoms with Crippen molar-refractivity contribution in [1.29, 1.82) is 0 Å². The van der Waals surface area contributed by atoms with Crippen molar-refractivity contribution >= 4 is 5.91 Å². The Balaban J connectivity index is 3.50. The van der Waals surface area contributed by atoms with Crippen LogP contribution in [0.3, 0.4) is 0 Å². The number of nitrogens with two attached hydrogens (primary N) is 1. The van der Waals surface area contributed by atoms with E-state index in [-0.39, 0.29) is 5.91 Å². The number of nitrogens with one attached hydrogen (secondary N) is 1. The zero-order valence-electron chi connectivity index (χ0n) is 8.08. The Morgan fingerprint density at radius 3 is 3.00 bits per heavy atom. The number of amides is 1. The highest BCUT2D eigenvalue weighted by atomic mass is 16.5. The third-order valence-electron chi connectivity index (χ3n) is 1.62. The fourth-order valence-corrected chi connectivity index (χ4v) is 0.883. The third-order valence-corrected chi connectivity index (χ3v) is 1.62. The molecule has 0 saturated heterocycles. The molecule has 0 saturated carbocycles. The van der Waals surface area contributed by atoms with Gasteiger partial charge in [-0.05, 0) is 12.8 Å². The van der Waals surface area contributed by atoms with E-state index >= 15 is 0 Å². The predicted molar refractivity (Wildman–Crippen MR) is 52.3 cm³/mol. The van der Waals surface area contributed by atoms with E-state index in [4.69, 9.17) is 10.5 Å². The van der Waals surface area contributed by atoms with E-state index in [9.17, 15) is 4.79 Å². The summed E-state index contributed by atoms with van der Waals surface area (Å²) in [6, 6.07) is -0.435. The quantitative estimate of drug-likeness (QED) is 0.436. The summed E-state index contributed by atoms with van der Waals surface area (Å²) in [6.45, 7) is 4.60. The van der Waals surface area contributed by atoms with E-state index in [1.165, 1.54) is 0 Å². The molecule has 0 aromatic heterocycles. The molecule has 0 bridgehead atoms. The number of hydrogen-bond donors (Lipinski definition) is 2. The SMILES string of the molecule is C=CCNC(=O)C(N)CCCOC. The van der Waals surface area contributed by atoms with Crippen LogP contribution in [0.1, 0.15) is 12.8 Å². The van der Waals surface area contributed by atoms with Crippen molar-refractivity contribution in [1.82, 2.24) is 5.32 Å². The van der Waals surface area contributed by atoms with Crippen molar-refractivity contribution in [2.45, 2.75) is 18.9 Å². The Hall–Kier alpha value is -0.870. The van der Waals surface area contributed by atoms with Crippen LogP contribution in [0.15, 0.2) is 12.7 Å². The Morgan fingerprint density at radius 2 is 2.46 bits per heavy atom. The molecule has 0 aromatic carbocycles. The molecule has 1 amide bonds. The lowest BCUT2D eigenvalue weighted by Gasteiger charge is -2.10. The van der Waals surface area contributed by atoms with E-state index in [0.29, 0.717) is 19.6 Å². The Kier molecular flexibility index (Phi) is 7.24. The van der Waals surface area contributed by atoms with Crippen LogP contribution in [0.4, 0.5) is 0 Å². The van der Waals surface area contributed by atoms with E-state index < -0.39 is 6.04 Å². The zero-order valence-corrected chi connectivity index (χ0v) is 8.08. The average Bonchev–Trinajstić information content (AvgIpc) is 2.14. The van der Waals surface area contributed by atoms with Gasteiger partial charge in [-0.3, -0.25) is 4.79 Å². The first-order valence-electron chi connectivity index (χ1n) is 4.35. The van der Waals surface area contributed by atoms with Crippen LogP contribution in [-0.4, -0.2) is 32.2 Å². The summed E-state index contributed by atoms with van der Waals surface area (Å²) < 4.78 is 4.85. The minimum absolute atomic E-state index is 0.129. The second kappa shape index (κ2) is 7.76. The summed E-state index contributed by atoms with van der Waals surface area (Å²) in [5.41, 5.74) is 5.60. The van der Waals surface area contributed by atoms with Gasteiger partial charge in [0.15, 0.2) is 0 Å². The largest absolute Gasteiger partial charge is 0.385 e. The van der Waals surface area contributed by atoms with Crippen LogP contribution in [0.25, 0.3) is 0 Å². The van der Waals surface area contributed by atoms with E-state index in [2.05, 4.69) is 11.9 Å².